The molecule has 1 heterocycles. The van der Waals surface area contributed by atoms with E-state index in [1.807, 2.05) is 17.5 Å². The van der Waals surface area contributed by atoms with Crippen molar-refractivity contribution in [2.24, 2.45) is 0 Å². The largest absolute Gasteiger partial charge is 0.394 e. The second-order valence-electron chi connectivity index (χ2n) is 4.00. The van der Waals surface area contributed by atoms with E-state index in [0.717, 1.165) is 5.75 Å². The quantitative estimate of drug-likeness (QED) is 0.690. The van der Waals surface area contributed by atoms with Crippen LogP contribution in [0.4, 0.5) is 0 Å². The lowest BCUT2D eigenvalue weighted by atomic mass is 10.1. The van der Waals surface area contributed by atoms with E-state index in [9.17, 15) is 4.79 Å². The van der Waals surface area contributed by atoms with E-state index < -0.39 is 5.54 Å². The number of carbonyl (C=O) groups excluding carboxylic acids is 1. The third kappa shape index (κ3) is 5.08. The van der Waals surface area contributed by atoms with Crippen molar-refractivity contribution < 1.29 is 15.0 Å². The Labute approximate surface area is 109 Å². The first kappa shape index (κ1) is 14.5. The summed E-state index contributed by atoms with van der Waals surface area (Å²) in [7, 11) is 0. The van der Waals surface area contributed by atoms with Crippen LogP contribution in [0.5, 0.6) is 0 Å². The second-order valence-corrected chi connectivity index (χ2v) is 6.02. The number of nitrogens with one attached hydrogen (secondary N) is 1. The van der Waals surface area contributed by atoms with Crippen molar-refractivity contribution in [1.29, 1.82) is 0 Å². The Kier molecular flexibility index (Phi) is 5.97. The average molecular weight is 275 g/mol. The maximum atomic E-state index is 11.6. The predicted octanol–water partition coefficient (Wildman–Crippen LogP) is 0.841. The summed E-state index contributed by atoms with van der Waals surface area (Å²) < 4.78 is 0. The minimum atomic E-state index is -0.930. The molecule has 4 nitrogen and oxygen atoms in total. The highest BCUT2D eigenvalue weighted by atomic mass is 32.2. The van der Waals surface area contributed by atoms with Gasteiger partial charge in [-0.05, 0) is 18.4 Å². The molecule has 6 heteroatoms. The van der Waals surface area contributed by atoms with Gasteiger partial charge in [0.05, 0.1) is 24.5 Å². The van der Waals surface area contributed by atoms with Crippen molar-refractivity contribution in [3.63, 3.8) is 0 Å². The summed E-state index contributed by atoms with van der Waals surface area (Å²) in [4.78, 5) is 12.8. The zero-order valence-corrected chi connectivity index (χ0v) is 11.3. The Balaban J connectivity index is 2.25. The number of amides is 1. The zero-order valence-electron chi connectivity index (χ0n) is 9.68. The van der Waals surface area contributed by atoms with Crippen molar-refractivity contribution >= 4 is 29.0 Å². The molecule has 0 saturated carbocycles. The number of thiophene rings is 1. The van der Waals surface area contributed by atoms with Crippen molar-refractivity contribution in [3.05, 3.63) is 22.4 Å². The summed E-state index contributed by atoms with van der Waals surface area (Å²) in [5.74, 6) is 0.963. The van der Waals surface area contributed by atoms with Crippen LogP contribution in [0, 0.1) is 0 Å². The topological polar surface area (TPSA) is 69.6 Å². The van der Waals surface area contributed by atoms with Crippen LogP contribution in [0.2, 0.25) is 0 Å². The van der Waals surface area contributed by atoms with Crippen LogP contribution in [0.25, 0.3) is 0 Å². The molecule has 0 aromatic carbocycles. The first-order valence-corrected chi connectivity index (χ1v) is 7.26. The fourth-order valence-electron chi connectivity index (χ4n) is 1.14. The number of aliphatic hydroxyl groups is 2. The Hall–Kier alpha value is -0.560. The van der Waals surface area contributed by atoms with E-state index in [4.69, 9.17) is 10.2 Å². The van der Waals surface area contributed by atoms with Crippen LogP contribution in [0.3, 0.4) is 0 Å². The fourth-order valence-corrected chi connectivity index (χ4v) is 2.81. The standard InChI is InChI=1S/C11H17NO3S2/c1-11(7-13,8-14)12-10(15)6-16-5-9-3-2-4-17-9/h2-4,13-14H,5-8H2,1H3,(H,12,15). The first-order valence-electron chi connectivity index (χ1n) is 5.22. The molecule has 3 N–H and O–H groups in total. The summed E-state index contributed by atoms with van der Waals surface area (Å²) in [6.45, 7) is 1.06. The van der Waals surface area contributed by atoms with Gasteiger partial charge in [0.15, 0.2) is 0 Å². The Bertz CT molecular complexity index is 336. The molecule has 0 aliphatic carbocycles. The van der Waals surface area contributed by atoms with Gasteiger partial charge in [-0.1, -0.05) is 6.07 Å². The molecular weight excluding hydrogens is 258 g/mol. The monoisotopic (exact) mass is 275 g/mol. The van der Waals surface area contributed by atoms with Gasteiger partial charge in [0.25, 0.3) is 0 Å². The van der Waals surface area contributed by atoms with Gasteiger partial charge in [-0.15, -0.1) is 23.1 Å². The van der Waals surface area contributed by atoms with Crippen molar-refractivity contribution in [2.75, 3.05) is 19.0 Å². The van der Waals surface area contributed by atoms with Crippen molar-refractivity contribution in [2.45, 2.75) is 18.2 Å². The van der Waals surface area contributed by atoms with Crippen LogP contribution >= 0.6 is 23.1 Å². The number of rotatable bonds is 7. The summed E-state index contributed by atoms with van der Waals surface area (Å²) in [6, 6.07) is 4.01. The van der Waals surface area contributed by atoms with E-state index in [1.165, 1.54) is 16.6 Å². The maximum Gasteiger partial charge on any atom is 0.230 e. The molecule has 0 bridgehead atoms. The normalized spacial score (nSPS) is 11.5. The van der Waals surface area contributed by atoms with Gasteiger partial charge in [0.2, 0.25) is 5.91 Å². The second kappa shape index (κ2) is 7.00. The molecule has 0 aliphatic rings. The van der Waals surface area contributed by atoms with Crippen molar-refractivity contribution in [1.82, 2.24) is 5.32 Å². The summed E-state index contributed by atoms with van der Waals surface area (Å²) in [5.41, 5.74) is -0.930. The number of carbonyl (C=O) groups is 1. The van der Waals surface area contributed by atoms with Gasteiger partial charge in [0.1, 0.15) is 0 Å². The molecule has 0 aliphatic heterocycles. The average Bonchev–Trinajstić information content (AvgIpc) is 2.82. The Morgan fingerprint density at radius 3 is 2.76 bits per heavy atom. The van der Waals surface area contributed by atoms with E-state index in [0.29, 0.717) is 5.75 Å². The molecule has 96 valence electrons. The number of aliphatic hydroxyl groups excluding tert-OH is 2. The SMILES string of the molecule is CC(CO)(CO)NC(=O)CSCc1cccs1. The lowest BCUT2D eigenvalue weighted by molar-refractivity contribution is -0.121. The fraction of sp³-hybridized carbons (Fsp3) is 0.545. The molecule has 1 rings (SSSR count). The summed E-state index contributed by atoms with van der Waals surface area (Å²) >= 11 is 3.18. The number of hydrogen-bond acceptors (Lipinski definition) is 5. The third-order valence-corrected chi connectivity index (χ3v) is 4.24. The van der Waals surface area contributed by atoms with Gasteiger partial charge in [-0.3, -0.25) is 4.79 Å². The van der Waals surface area contributed by atoms with Gasteiger partial charge >= 0.3 is 0 Å². The van der Waals surface area contributed by atoms with Gasteiger partial charge in [-0.25, -0.2) is 0 Å². The van der Waals surface area contributed by atoms with Crippen LogP contribution in [0.1, 0.15) is 11.8 Å². The lowest BCUT2D eigenvalue weighted by Gasteiger charge is -2.25. The lowest BCUT2D eigenvalue weighted by Crippen LogP contribution is -2.52. The molecule has 1 aromatic heterocycles. The third-order valence-electron chi connectivity index (χ3n) is 2.20. The van der Waals surface area contributed by atoms with E-state index >= 15 is 0 Å². The summed E-state index contributed by atoms with van der Waals surface area (Å²) in [6.07, 6.45) is 0. The number of thioether (sulfide) groups is 1. The first-order chi connectivity index (χ1) is 8.09. The van der Waals surface area contributed by atoms with Crippen LogP contribution in [-0.2, 0) is 10.5 Å². The van der Waals surface area contributed by atoms with E-state index in [-0.39, 0.29) is 19.1 Å². The molecular formula is C11H17NO3S2. The molecule has 0 fully saturated rings. The highest BCUT2D eigenvalue weighted by molar-refractivity contribution is 7.99. The van der Waals surface area contributed by atoms with Gasteiger partial charge in [0, 0.05) is 10.6 Å². The minimum absolute atomic E-state index is 0.169. The van der Waals surface area contributed by atoms with E-state index in [2.05, 4.69) is 5.32 Å². The molecule has 0 spiro atoms. The zero-order chi connectivity index (χ0) is 12.7. The van der Waals surface area contributed by atoms with Crippen molar-refractivity contribution in [3.8, 4) is 0 Å². The summed E-state index contributed by atoms with van der Waals surface area (Å²) in [5, 5.41) is 22.7. The highest BCUT2D eigenvalue weighted by Gasteiger charge is 2.24. The smallest absolute Gasteiger partial charge is 0.230 e. The molecule has 0 radical (unpaired) electrons. The van der Waals surface area contributed by atoms with Gasteiger partial charge < -0.3 is 15.5 Å². The molecule has 17 heavy (non-hydrogen) atoms. The minimum Gasteiger partial charge on any atom is -0.394 e. The Morgan fingerprint density at radius 2 is 2.24 bits per heavy atom. The molecule has 0 atom stereocenters. The van der Waals surface area contributed by atoms with Crippen LogP contribution in [-0.4, -0.2) is 40.6 Å². The van der Waals surface area contributed by atoms with E-state index in [1.54, 1.807) is 18.3 Å². The van der Waals surface area contributed by atoms with Gasteiger partial charge in [-0.2, -0.15) is 0 Å². The molecule has 0 unspecified atom stereocenters. The predicted molar refractivity (Wildman–Crippen MR) is 71.2 cm³/mol. The molecule has 1 amide bonds. The highest BCUT2D eigenvalue weighted by Crippen LogP contribution is 2.16. The molecule has 1 aromatic rings. The van der Waals surface area contributed by atoms with Crippen LogP contribution in [0.15, 0.2) is 17.5 Å². The van der Waals surface area contributed by atoms with Crippen LogP contribution < -0.4 is 5.32 Å². The maximum absolute atomic E-state index is 11.6. The number of hydrogen-bond donors (Lipinski definition) is 3. The Morgan fingerprint density at radius 1 is 1.53 bits per heavy atom. The molecule has 0 saturated heterocycles.